The Morgan fingerprint density at radius 2 is 1.81 bits per heavy atom. The van der Waals surface area contributed by atoms with E-state index in [9.17, 15) is 0 Å². The monoisotopic (exact) mass is 343 g/mol. The molecule has 1 saturated carbocycles. The lowest BCUT2D eigenvalue weighted by Gasteiger charge is -2.16. The van der Waals surface area contributed by atoms with E-state index in [0.29, 0.717) is 6.04 Å². The molecule has 2 aromatic carbocycles. The van der Waals surface area contributed by atoms with E-state index >= 15 is 0 Å². The average Bonchev–Trinajstić information content (AvgIpc) is 3.32. The average molecular weight is 344 g/mol. The SMILES string of the molecule is CC(Cc1ccc(Br)cc1)NCc1ccccc1C1CC1. The quantitative estimate of drug-likeness (QED) is 0.773. The lowest BCUT2D eigenvalue weighted by molar-refractivity contribution is 0.543. The number of hydrogen-bond donors (Lipinski definition) is 1. The van der Waals surface area contributed by atoms with Crippen molar-refractivity contribution in [2.24, 2.45) is 0 Å². The third-order valence-corrected chi connectivity index (χ3v) is 4.70. The van der Waals surface area contributed by atoms with Crippen molar-refractivity contribution >= 4 is 15.9 Å². The molecule has 0 amide bonds. The van der Waals surface area contributed by atoms with Gasteiger partial charge in [-0.05, 0) is 60.9 Å². The summed E-state index contributed by atoms with van der Waals surface area (Å²) in [6.07, 6.45) is 3.80. The van der Waals surface area contributed by atoms with Crippen molar-refractivity contribution in [3.63, 3.8) is 0 Å². The molecule has 1 atom stereocenters. The molecule has 2 aromatic rings. The molecule has 1 aliphatic rings. The summed E-state index contributed by atoms with van der Waals surface area (Å²) in [6, 6.07) is 18.0. The zero-order valence-electron chi connectivity index (χ0n) is 12.5. The molecule has 1 unspecified atom stereocenters. The van der Waals surface area contributed by atoms with Crippen molar-refractivity contribution in [1.29, 1.82) is 0 Å². The molecule has 0 heterocycles. The summed E-state index contributed by atoms with van der Waals surface area (Å²) in [4.78, 5) is 0. The van der Waals surface area contributed by atoms with Crippen molar-refractivity contribution < 1.29 is 0 Å². The predicted octanol–water partition coefficient (Wildman–Crippen LogP) is 5.05. The summed E-state index contributed by atoms with van der Waals surface area (Å²) in [5, 5.41) is 3.67. The maximum Gasteiger partial charge on any atom is 0.0210 e. The van der Waals surface area contributed by atoms with Crippen LogP contribution >= 0.6 is 15.9 Å². The Bertz CT molecular complexity index is 587. The molecular formula is C19H22BrN. The van der Waals surface area contributed by atoms with E-state index in [4.69, 9.17) is 0 Å². The van der Waals surface area contributed by atoms with Gasteiger partial charge in [-0.25, -0.2) is 0 Å². The first kappa shape index (κ1) is 14.8. The molecule has 0 saturated heterocycles. The van der Waals surface area contributed by atoms with Gasteiger partial charge in [0.15, 0.2) is 0 Å². The van der Waals surface area contributed by atoms with E-state index in [1.54, 1.807) is 5.56 Å². The third-order valence-electron chi connectivity index (χ3n) is 4.17. The van der Waals surface area contributed by atoms with Gasteiger partial charge in [0.25, 0.3) is 0 Å². The second kappa shape index (κ2) is 6.76. The van der Waals surface area contributed by atoms with Gasteiger partial charge >= 0.3 is 0 Å². The van der Waals surface area contributed by atoms with Crippen molar-refractivity contribution in [3.05, 3.63) is 69.7 Å². The van der Waals surface area contributed by atoms with Gasteiger partial charge < -0.3 is 5.32 Å². The maximum atomic E-state index is 3.67. The molecule has 3 rings (SSSR count). The Kier molecular flexibility index (Phi) is 4.77. The molecule has 1 N–H and O–H groups in total. The van der Waals surface area contributed by atoms with E-state index in [2.05, 4.69) is 76.7 Å². The van der Waals surface area contributed by atoms with E-state index in [0.717, 1.165) is 23.4 Å². The third kappa shape index (κ3) is 4.18. The first-order valence-electron chi connectivity index (χ1n) is 7.78. The minimum atomic E-state index is 0.485. The summed E-state index contributed by atoms with van der Waals surface area (Å²) in [6.45, 7) is 3.24. The first-order chi connectivity index (χ1) is 10.2. The highest BCUT2D eigenvalue weighted by atomic mass is 79.9. The number of halogens is 1. The highest BCUT2D eigenvalue weighted by Gasteiger charge is 2.25. The molecule has 21 heavy (non-hydrogen) atoms. The molecular weight excluding hydrogens is 322 g/mol. The van der Waals surface area contributed by atoms with E-state index < -0.39 is 0 Å². The zero-order valence-corrected chi connectivity index (χ0v) is 14.1. The molecule has 1 fully saturated rings. The van der Waals surface area contributed by atoms with Crippen molar-refractivity contribution in [3.8, 4) is 0 Å². The van der Waals surface area contributed by atoms with Crippen LogP contribution in [0.5, 0.6) is 0 Å². The Labute approximate surface area is 135 Å². The van der Waals surface area contributed by atoms with Crippen LogP contribution in [0.15, 0.2) is 53.0 Å². The van der Waals surface area contributed by atoms with Gasteiger partial charge in [-0.3, -0.25) is 0 Å². The summed E-state index contributed by atoms with van der Waals surface area (Å²) >= 11 is 3.48. The molecule has 0 spiro atoms. The van der Waals surface area contributed by atoms with Crippen LogP contribution < -0.4 is 5.32 Å². The number of hydrogen-bond acceptors (Lipinski definition) is 1. The van der Waals surface area contributed by atoms with Crippen LogP contribution in [-0.4, -0.2) is 6.04 Å². The van der Waals surface area contributed by atoms with Gasteiger partial charge in [0.05, 0.1) is 0 Å². The highest BCUT2D eigenvalue weighted by molar-refractivity contribution is 9.10. The van der Waals surface area contributed by atoms with Crippen LogP contribution in [-0.2, 0) is 13.0 Å². The second-order valence-corrected chi connectivity index (χ2v) is 7.00. The summed E-state index contributed by atoms with van der Waals surface area (Å²) in [5.74, 6) is 0.824. The largest absolute Gasteiger partial charge is 0.310 e. The first-order valence-corrected chi connectivity index (χ1v) is 8.57. The van der Waals surface area contributed by atoms with Crippen LogP contribution in [0, 0.1) is 0 Å². The van der Waals surface area contributed by atoms with Gasteiger partial charge in [0.1, 0.15) is 0 Å². The molecule has 2 heteroatoms. The Morgan fingerprint density at radius 1 is 1.10 bits per heavy atom. The normalized spacial score (nSPS) is 15.9. The Hall–Kier alpha value is -1.12. The lowest BCUT2D eigenvalue weighted by Crippen LogP contribution is -2.27. The fourth-order valence-electron chi connectivity index (χ4n) is 2.82. The fraction of sp³-hybridized carbons (Fsp3) is 0.368. The number of benzene rings is 2. The lowest BCUT2D eigenvalue weighted by atomic mass is 10.0. The maximum absolute atomic E-state index is 3.67. The zero-order chi connectivity index (χ0) is 14.7. The fourth-order valence-corrected chi connectivity index (χ4v) is 3.08. The van der Waals surface area contributed by atoms with Crippen molar-refractivity contribution in [2.45, 2.75) is 44.7 Å². The summed E-state index contributed by atoms with van der Waals surface area (Å²) in [5.41, 5.74) is 4.41. The summed E-state index contributed by atoms with van der Waals surface area (Å²) < 4.78 is 1.14. The van der Waals surface area contributed by atoms with Crippen LogP contribution in [0.3, 0.4) is 0 Å². The minimum Gasteiger partial charge on any atom is -0.310 e. The minimum absolute atomic E-state index is 0.485. The Morgan fingerprint density at radius 3 is 2.52 bits per heavy atom. The standard InChI is InChI=1S/C19H22BrN/c1-14(12-15-6-10-18(20)11-7-15)21-13-17-4-2-3-5-19(17)16-8-9-16/h2-7,10-11,14,16,21H,8-9,12-13H2,1H3. The number of nitrogens with one attached hydrogen (secondary N) is 1. The van der Waals surface area contributed by atoms with Crippen LogP contribution in [0.1, 0.15) is 42.4 Å². The van der Waals surface area contributed by atoms with E-state index in [1.165, 1.54) is 24.0 Å². The molecule has 1 nitrogen and oxygen atoms in total. The van der Waals surface area contributed by atoms with Gasteiger partial charge in [-0.1, -0.05) is 52.3 Å². The second-order valence-electron chi connectivity index (χ2n) is 6.09. The van der Waals surface area contributed by atoms with Crippen molar-refractivity contribution in [1.82, 2.24) is 5.32 Å². The molecule has 0 radical (unpaired) electrons. The van der Waals surface area contributed by atoms with E-state index in [-0.39, 0.29) is 0 Å². The molecule has 1 aliphatic carbocycles. The molecule has 110 valence electrons. The number of rotatable bonds is 6. The van der Waals surface area contributed by atoms with Crippen LogP contribution in [0.4, 0.5) is 0 Å². The van der Waals surface area contributed by atoms with E-state index in [1.807, 2.05) is 0 Å². The Balaban J connectivity index is 1.56. The topological polar surface area (TPSA) is 12.0 Å². The van der Waals surface area contributed by atoms with Crippen molar-refractivity contribution in [2.75, 3.05) is 0 Å². The van der Waals surface area contributed by atoms with Crippen LogP contribution in [0.2, 0.25) is 0 Å². The summed E-state index contributed by atoms with van der Waals surface area (Å²) in [7, 11) is 0. The van der Waals surface area contributed by atoms with Gasteiger partial charge in [0.2, 0.25) is 0 Å². The molecule has 0 aliphatic heterocycles. The van der Waals surface area contributed by atoms with Gasteiger partial charge in [-0.15, -0.1) is 0 Å². The highest BCUT2D eigenvalue weighted by Crippen LogP contribution is 2.41. The van der Waals surface area contributed by atoms with Gasteiger partial charge in [0, 0.05) is 17.1 Å². The predicted molar refractivity (Wildman–Crippen MR) is 92.6 cm³/mol. The molecule has 0 bridgehead atoms. The van der Waals surface area contributed by atoms with Gasteiger partial charge in [-0.2, -0.15) is 0 Å². The van der Waals surface area contributed by atoms with Crippen LogP contribution in [0.25, 0.3) is 0 Å². The molecule has 0 aromatic heterocycles. The smallest absolute Gasteiger partial charge is 0.0210 e.